The number of aromatic nitrogens is 4. The van der Waals surface area contributed by atoms with Gasteiger partial charge in [-0.25, -0.2) is 4.98 Å². The number of hydrogen-bond donors (Lipinski definition) is 2. The molecule has 1 aliphatic heterocycles. The molecule has 3 heterocycles. The molecular formula is C18H16F3N7O. The standard InChI is InChI=1S/C18H16F3N7O/c19-18(20,21)15-8-16(28-17(26-15)23-10-24-28)25-12-1-2-14(11(7-12)9-22)27-5-3-13(29)4-6-27/h1-2,7-8,10,13,25,29H,3-6H2. The molecule has 2 N–H and O–H groups in total. The van der Waals surface area contributed by atoms with Gasteiger partial charge in [-0.15, -0.1) is 0 Å². The van der Waals surface area contributed by atoms with Crippen LogP contribution in [0.3, 0.4) is 0 Å². The summed E-state index contributed by atoms with van der Waals surface area (Å²) in [7, 11) is 0. The Labute approximate surface area is 163 Å². The predicted octanol–water partition coefficient (Wildman–Crippen LogP) is 2.72. The molecule has 11 heteroatoms. The fourth-order valence-electron chi connectivity index (χ4n) is 3.28. The fraction of sp³-hybridized carbons (Fsp3) is 0.333. The highest BCUT2D eigenvalue weighted by molar-refractivity contribution is 5.69. The zero-order chi connectivity index (χ0) is 20.6. The van der Waals surface area contributed by atoms with Crippen LogP contribution in [-0.2, 0) is 6.18 Å². The molecule has 0 amide bonds. The number of piperidine rings is 1. The van der Waals surface area contributed by atoms with Gasteiger partial charge in [0.1, 0.15) is 18.2 Å². The van der Waals surface area contributed by atoms with Gasteiger partial charge in [-0.05, 0) is 31.0 Å². The van der Waals surface area contributed by atoms with E-state index in [1.54, 1.807) is 18.2 Å². The Morgan fingerprint density at radius 3 is 2.66 bits per heavy atom. The molecule has 0 radical (unpaired) electrons. The smallest absolute Gasteiger partial charge is 0.393 e. The number of halogens is 3. The first kappa shape index (κ1) is 18.9. The number of rotatable bonds is 3. The van der Waals surface area contributed by atoms with Crippen LogP contribution < -0.4 is 10.2 Å². The summed E-state index contributed by atoms with van der Waals surface area (Å²) in [5.74, 6) is -0.163. The van der Waals surface area contributed by atoms with Crippen LogP contribution in [0.4, 0.5) is 30.4 Å². The van der Waals surface area contributed by atoms with Gasteiger partial charge >= 0.3 is 6.18 Å². The topological polar surface area (TPSA) is 102 Å². The van der Waals surface area contributed by atoms with Gasteiger partial charge in [-0.2, -0.15) is 33.0 Å². The quantitative estimate of drug-likeness (QED) is 0.693. The lowest BCUT2D eigenvalue weighted by molar-refractivity contribution is -0.141. The third-order valence-electron chi connectivity index (χ3n) is 4.74. The van der Waals surface area contributed by atoms with Crippen molar-refractivity contribution in [3.05, 3.63) is 41.9 Å². The second-order valence-electron chi connectivity index (χ2n) is 6.68. The van der Waals surface area contributed by atoms with Gasteiger partial charge in [-0.1, -0.05) is 0 Å². The number of nitrogens with one attached hydrogen (secondary N) is 1. The average Bonchev–Trinajstić information content (AvgIpc) is 3.17. The molecule has 3 aromatic rings. The Balaban J connectivity index is 1.67. The zero-order valence-electron chi connectivity index (χ0n) is 15.1. The van der Waals surface area contributed by atoms with Gasteiger partial charge in [0.15, 0.2) is 5.69 Å². The van der Waals surface area contributed by atoms with E-state index in [1.807, 2.05) is 4.90 Å². The lowest BCUT2D eigenvalue weighted by Gasteiger charge is -2.32. The van der Waals surface area contributed by atoms with Crippen molar-refractivity contribution in [1.82, 2.24) is 19.6 Å². The third kappa shape index (κ3) is 3.79. The molecule has 0 bridgehead atoms. The van der Waals surface area contributed by atoms with Crippen molar-refractivity contribution < 1.29 is 18.3 Å². The van der Waals surface area contributed by atoms with Crippen LogP contribution in [-0.4, -0.2) is 43.9 Å². The minimum absolute atomic E-state index is 0.0255. The SMILES string of the molecule is N#Cc1cc(Nc2cc(C(F)(F)F)nc3ncnn23)ccc1N1CCC(O)CC1. The maximum Gasteiger partial charge on any atom is 0.433 e. The van der Waals surface area contributed by atoms with E-state index in [1.165, 1.54) is 0 Å². The third-order valence-corrected chi connectivity index (χ3v) is 4.74. The highest BCUT2D eigenvalue weighted by atomic mass is 19.4. The van der Waals surface area contributed by atoms with E-state index in [4.69, 9.17) is 0 Å². The van der Waals surface area contributed by atoms with Crippen LogP contribution in [0.1, 0.15) is 24.1 Å². The first-order chi connectivity index (χ1) is 13.8. The van der Waals surface area contributed by atoms with Crippen LogP contribution in [0, 0.1) is 11.3 Å². The largest absolute Gasteiger partial charge is 0.433 e. The van der Waals surface area contributed by atoms with Crippen LogP contribution in [0.5, 0.6) is 0 Å². The zero-order valence-corrected chi connectivity index (χ0v) is 15.1. The number of nitriles is 1. The Kier molecular flexibility index (Phi) is 4.71. The number of alkyl halides is 3. The van der Waals surface area contributed by atoms with Crippen LogP contribution in [0.25, 0.3) is 5.78 Å². The summed E-state index contributed by atoms with van der Waals surface area (Å²) in [6, 6.07) is 7.95. The number of benzene rings is 1. The molecule has 150 valence electrons. The second-order valence-corrected chi connectivity index (χ2v) is 6.68. The van der Waals surface area contributed by atoms with Crippen molar-refractivity contribution in [1.29, 1.82) is 5.26 Å². The molecule has 4 rings (SSSR count). The average molecular weight is 403 g/mol. The summed E-state index contributed by atoms with van der Waals surface area (Å²) in [6.07, 6.45) is -2.62. The van der Waals surface area contributed by atoms with Gasteiger partial charge in [0, 0.05) is 24.8 Å². The first-order valence-electron chi connectivity index (χ1n) is 8.87. The number of fused-ring (bicyclic) bond motifs is 1. The second kappa shape index (κ2) is 7.21. The summed E-state index contributed by atoms with van der Waals surface area (Å²) in [5, 5.41) is 26.0. The monoisotopic (exact) mass is 403 g/mol. The van der Waals surface area contributed by atoms with Gasteiger partial charge in [0.2, 0.25) is 0 Å². The summed E-state index contributed by atoms with van der Waals surface area (Å²) < 4.78 is 40.5. The van der Waals surface area contributed by atoms with Crippen molar-refractivity contribution in [3.8, 4) is 6.07 Å². The summed E-state index contributed by atoms with van der Waals surface area (Å²) in [6.45, 7) is 1.25. The predicted molar refractivity (Wildman–Crippen MR) is 97.7 cm³/mol. The van der Waals surface area contributed by atoms with Crippen molar-refractivity contribution in [2.24, 2.45) is 0 Å². The first-order valence-corrected chi connectivity index (χ1v) is 8.87. The van der Waals surface area contributed by atoms with E-state index >= 15 is 0 Å². The minimum Gasteiger partial charge on any atom is -0.393 e. The van der Waals surface area contributed by atoms with E-state index < -0.39 is 11.9 Å². The molecule has 2 aromatic heterocycles. The summed E-state index contributed by atoms with van der Waals surface area (Å²) in [5.41, 5.74) is 0.441. The van der Waals surface area contributed by atoms with E-state index in [9.17, 15) is 23.5 Å². The number of aliphatic hydroxyl groups excluding tert-OH is 1. The molecule has 0 spiro atoms. The van der Waals surface area contributed by atoms with Crippen molar-refractivity contribution >= 4 is 23.0 Å². The van der Waals surface area contributed by atoms with E-state index in [0.717, 1.165) is 22.6 Å². The normalized spacial score (nSPS) is 15.5. The van der Waals surface area contributed by atoms with E-state index in [2.05, 4.69) is 26.5 Å². The Bertz CT molecular complexity index is 1080. The molecule has 0 atom stereocenters. The van der Waals surface area contributed by atoms with Crippen molar-refractivity contribution in [2.45, 2.75) is 25.1 Å². The molecule has 0 aliphatic carbocycles. The highest BCUT2D eigenvalue weighted by Gasteiger charge is 2.34. The van der Waals surface area contributed by atoms with Gasteiger partial charge in [-0.3, -0.25) is 0 Å². The van der Waals surface area contributed by atoms with Gasteiger partial charge in [0.05, 0.1) is 17.4 Å². The van der Waals surface area contributed by atoms with Crippen LogP contribution in [0.2, 0.25) is 0 Å². The van der Waals surface area contributed by atoms with Gasteiger partial charge < -0.3 is 15.3 Å². The van der Waals surface area contributed by atoms with Crippen molar-refractivity contribution in [2.75, 3.05) is 23.3 Å². The molecule has 1 fully saturated rings. The molecular weight excluding hydrogens is 387 g/mol. The molecule has 1 aromatic carbocycles. The lowest BCUT2D eigenvalue weighted by atomic mass is 10.0. The Hall–Kier alpha value is -3.39. The molecule has 29 heavy (non-hydrogen) atoms. The Morgan fingerprint density at radius 2 is 1.97 bits per heavy atom. The molecule has 0 unspecified atom stereocenters. The Morgan fingerprint density at radius 1 is 1.21 bits per heavy atom. The summed E-state index contributed by atoms with van der Waals surface area (Å²) >= 11 is 0. The maximum absolute atomic E-state index is 13.1. The molecule has 1 aliphatic rings. The highest BCUT2D eigenvalue weighted by Crippen LogP contribution is 2.32. The lowest BCUT2D eigenvalue weighted by Crippen LogP contribution is -2.36. The number of anilines is 3. The van der Waals surface area contributed by atoms with Crippen molar-refractivity contribution in [3.63, 3.8) is 0 Å². The van der Waals surface area contributed by atoms with Crippen LogP contribution >= 0.6 is 0 Å². The van der Waals surface area contributed by atoms with Crippen LogP contribution in [0.15, 0.2) is 30.6 Å². The number of nitrogens with zero attached hydrogens (tertiary/aromatic N) is 6. The minimum atomic E-state index is -4.63. The molecule has 1 saturated heterocycles. The van der Waals surface area contributed by atoms with Gasteiger partial charge in [0.25, 0.3) is 5.78 Å². The fourth-order valence-corrected chi connectivity index (χ4v) is 3.28. The summed E-state index contributed by atoms with van der Waals surface area (Å²) in [4.78, 5) is 9.21. The number of hydrogen-bond acceptors (Lipinski definition) is 7. The molecule has 8 nitrogen and oxygen atoms in total. The maximum atomic E-state index is 13.1. The molecule has 0 saturated carbocycles. The number of aliphatic hydroxyl groups is 1. The van der Waals surface area contributed by atoms with E-state index in [0.29, 0.717) is 37.2 Å². The van der Waals surface area contributed by atoms with E-state index in [-0.39, 0.29) is 17.7 Å².